The van der Waals surface area contributed by atoms with Gasteiger partial charge >= 0.3 is 0 Å². The van der Waals surface area contributed by atoms with Crippen molar-refractivity contribution < 1.29 is 4.79 Å². The lowest BCUT2D eigenvalue weighted by atomic mass is 10.3. The molecule has 23 heavy (non-hydrogen) atoms. The number of aliphatic imine (C=N–C) groups is 1. The average Bonchev–Trinajstić information content (AvgIpc) is 2.53. The summed E-state index contributed by atoms with van der Waals surface area (Å²) in [7, 11) is 1.92. The molecule has 6 heteroatoms. The molecule has 0 aliphatic carbocycles. The summed E-state index contributed by atoms with van der Waals surface area (Å²) in [5, 5.41) is 3.28. The van der Waals surface area contributed by atoms with Crippen LogP contribution in [0, 0.1) is 0 Å². The minimum Gasteiger partial charge on any atom is -0.357 e. The number of guanidine groups is 1. The Labute approximate surface area is 142 Å². The molecule has 1 atom stereocenters. The zero-order valence-corrected chi connectivity index (χ0v) is 16.2. The molecule has 0 spiro atoms. The number of amides is 1. The molecule has 0 aliphatic rings. The van der Waals surface area contributed by atoms with E-state index < -0.39 is 0 Å². The zero-order valence-electron chi connectivity index (χ0n) is 16.2. The molecular weight excluding hydrogens is 290 g/mol. The molecule has 0 radical (unpaired) electrons. The maximum absolute atomic E-state index is 12.3. The first kappa shape index (κ1) is 21.7. The van der Waals surface area contributed by atoms with Crippen molar-refractivity contribution in [2.75, 3.05) is 52.9 Å². The standard InChI is InChI=1S/C17H37N5O/c1-8-18-17(19-13-15(6)21(9-2)10-3)20(7)14-16(23)22(11-4)12-5/h15H,8-14H2,1-7H3,(H,18,19). The number of likely N-dealkylation sites (N-methyl/N-ethyl adjacent to an activating group) is 3. The van der Waals surface area contributed by atoms with Crippen LogP contribution in [0.4, 0.5) is 0 Å². The third-order valence-corrected chi connectivity index (χ3v) is 4.13. The fraction of sp³-hybridized carbons (Fsp3) is 0.882. The molecule has 0 aromatic carbocycles. The summed E-state index contributed by atoms with van der Waals surface area (Å²) in [5.41, 5.74) is 0. The van der Waals surface area contributed by atoms with Crippen LogP contribution in [-0.2, 0) is 4.79 Å². The average molecular weight is 328 g/mol. The predicted octanol–water partition coefficient (Wildman–Crippen LogP) is 1.48. The highest BCUT2D eigenvalue weighted by atomic mass is 16.2. The quantitative estimate of drug-likeness (QED) is 0.488. The summed E-state index contributed by atoms with van der Waals surface area (Å²) in [6, 6.07) is 0.394. The van der Waals surface area contributed by atoms with E-state index >= 15 is 0 Å². The largest absolute Gasteiger partial charge is 0.357 e. The van der Waals surface area contributed by atoms with Gasteiger partial charge in [0.1, 0.15) is 0 Å². The van der Waals surface area contributed by atoms with Crippen LogP contribution in [0.15, 0.2) is 4.99 Å². The van der Waals surface area contributed by atoms with Gasteiger partial charge in [0.25, 0.3) is 0 Å². The van der Waals surface area contributed by atoms with Gasteiger partial charge in [0.2, 0.25) is 5.91 Å². The monoisotopic (exact) mass is 327 g/mol. The Balaban J connectivity index is 4.81. The van der Waals surface area contributed by atoms with Crippen molar-refractivity contribution in [2.45, 2.75) is 47.6 Å². The Kier molecular flexibility index (Phi) is 11.5. The van der Waals surface area contributed by atoms with E-state index in [9.17, 15) is 4.79 Å². The van der Waals surface area contributed by atoms with E-state index in [4.69, 9.17) is 4.99 Å². The Morgan fingerprint density at radius 3 is 2.04 bits per heavy atom. The van der Waals surface area contributed by atoms with Gasteiger partial charge in [0.15, 0.2) is 5.96 Å². The smallest absolute Gasteiger partial charge is 0.242 e. The van der Waals surface area contributed by atoms with Gasteiger partial charge in [-0.25, -0.2) is 0 Å². The molecule has 6 nitrogen and oxygen atoms in total. The topological polar surface area (TPSA) is 51.2 Å². The summed E-state index contributed by atoms with van der Waals surface area (Å²) in [6.07, 6.45) is 0. The lowest BCUT2D eigenvalue weighted by Gasteiger charge is -2.28. The van der Waals surface area contributed by atoms with Crippen molar-refractivity contribution in [1.29, 1.82) is 0 Å². The van der Waals surface area contributed by atoms with Gasteiger partial charge in [0.05, 0.1) is 13.1 Å². The van der Waals surface area contributed by atoms with Crippen LogP contribution in [0.2, 0.25) is 0 Å². The number of nitrogens with zero attached hydrogens (tertiary/aromatic N) is 4. The van der Waals surface area contributed by atoms with Crippen LogP contribution < -0.4 is 5.32 Å². The molecule has 1 unspecified atom stereocenters. The molecule has 1 amide bonds. The molecule has 0 saturated heterocycles. The fourth-order valence-electron chi connectivity index (χ4n) is 2.60. The van der Waals surface area contributed by atoms with Crippen molar-refractivity contribution in [1.82, 2.24) is 20.0 Å². The van der Waals surface area contributed by atoms with Gasteiger partial charge in [-0.2, -0.15) is 0 Å². The van der Waals surface area contributed by atoms with E-state index in [-0.39, 0.29) is 5.91 Å². The molecule has 0 aromatic rings. The van der Waals surface area contributed by atoms with Gasteiger partial charge in [-0.1, -0.05) is 13.8 Å². The molecule has 0 aromatic heterocycles. The second-order valence-electron chi connectivity index (χ2n) is 5.69. The molecule has 0 aliphatic heterocycles. The van der Waals surface area contributed by atoms with Crippen LogP contribution >= 0.6 is 0 Å². The van der Waals surface area contributed by atoms with Crippen molar-refractivity contribution >= 4 is 11.9 Å². The molecular formula is C17H37N5O. The maximum Gasteiger partial charge on any atom is 0.242 e. The summed E-state index contributed by atoms with van der Waals surface area (Å²) < 4.78 is 0. The Morgan fingerprint density at radius 1 is 1.04 bits per heavy atom. The van der Waals surface area contributed by atoms with Gasteiger partial charge < -0.3 is 15.1 Å². The predicted molar refractivity (Wildman–Crippen MR) is 98.9 cm³/mol. The number of nitrogens with one attached hydrogen (secondary N) is 1. The van der Waals surface area contributed by atoms with E-state index in [0.717, 1.165) is 45.2 Å². The molecule has 1 N–H and O–H groups in total. The van der Waals surface area contributed by atoms with E-state index in [1.165, 1.54) is 0 Å². The van der Waals surface area contributed by atoms with Crippen LogP contribution in [0.25, 0.3) is 0 Å². The number of carbonyl (C=O) groups is 1. The maximum atomic E-state index is 12.3. The minimum atomic E-state index is 0.139. The number of carbonyl (C=O) groups excluding carboxylic acids is 1. The van der Waals surface area contributed by atoms with Gasteiger partial charge in [-0.05, 0) is 40.8 Å². The van der Waals surface area contributed by atoms with Crippen LogP contribution in [0.5, 0.6) is 0 Å². The lowest BCUT2D eigenvalue weighted by Crippen LogP contribution is -2.46. The molecule has 136 valence electrons. The van der Waals surface area contributed by atoms with Crippen LogP contribution in [-0.4, -0.2) is 85.5 Å². The van der Waals surface area contributed by atoms with Gasteiger partial charge in [-0.3, -0.25) is 14.7 Å². The van der Waals surface area contributed by atoms with E-state index in [1.54, 1.807) is 0 Å². The zero-order chi connectivity index (χ0) is 17.8. The first-order valence-electron chi connectivity index (χ1n) is 8.96. The summed E-state index contributed by atoms with van der Waals surface area (Å²) in [5.74, 6) is 0.937. The SMILES string of the molecule is CCNC(=NCC(C)N(CC)CC)N(C)CC(=O)N(CC)CC. The van der Waals surface area contributed by atoms with Crippen LogP contribution in [0.1, 0.15) is 41.5 Å². The third-order valence-electron chi connectivity index (χ3n) is 4.13. The highest BCUT2D eigenvalue weighted by Crippen LogP contribution is 2.00. The van der Waals surface area contributed by atoms with Gasteiger partial charge in [-0.15, -0.1) is 0 Å². The summed E-state index contributed by atoms with van der Waals surface area (Å²) >= 11 is 0. The number of hydrogen-bond acceptors (Lipinski definition) is 3. The highest BCUT2D eigenvalue weighted by molar-refractivity contribution is 5.86. The van der Waals surface area contributed by atoms with E-state index in [1.807, 2.05) is 37.6 Å². The number of hydrogen-bond donors (Lipinski definition) is 1. The van der Waals surface area contributed by atoms with Crippen molar-refractivity contribution in [2.24, 2.45) is 4.99 Å². The molecule has 0 rings (SSSR count). The lowest BCUT2D eigenvalue weighted by molar-refractivity contribution is -0.131. The molecule has 0 heterocycles. The fourth-order valence-corrected chi connectivity index (χ4v) is 2.60. The normalized spacial score (nSPS) is 13.1. The second kappa shape index (κ2) is 12.2. The number of rotatable bonds is 10. The first-order chi connectivity index (χ1) is 10.9. The molecule has 0 fully saturated rings. The van der Waals surface area contributed by atoms with Crippen molar-refractivity contribution in [3.05, 3.63) is 0 Å². The Hall–Kier alpha value is -1.30. The Morgan fingerprint density at radius 2 is 1.61 bits per heavy atom. The molecule has 0 bridgehead atoms. The van der Waals surface area contributed by atoms with Gasteiger partial charge in [0, 0.05) is 32.7 Å². The Bertz CT molecular complexity index is 351. The van der Waals surface area contributed by atoms with Crippen molar-refractivity contribution in [3.8, 4) is 0 Å². The highest BCUT2D eigenvalue weighted by Gasteiger charge is 2.16. The van der Waals surface area contributed by atoms with Crippen molar-refractivity contribution in [3.63, 3.8) is 0 Å². The summed E-state index contributed by atoms with van der Waals surface area (Å²) in [4.78, 5) is 23.1. The third kappa shape index (κ3) is 7.68. The summed E-state index contributed by atoms with van der Waals surface area (Å²) in [6.45, 7) is 18.0. The molecule has 0 saturated carbocycles. The van der Waals surface area contributed by atoms with E-state index in [2.05, 4.69) is 31.0 Å². The second-order valence-corrected chi connectivity index (χ2v) is 5.69. The first-order valence-corrected chi connectivity index (χ1v) is 8.96. The minimum absolute atomic E-state index is 0.139. The van der Waals surface area contributed by atoms with E-state index in [0.29, 0.717) is 12.6 Å². The van der Waals surface area contributed by atoms with Crippen LogP contribution in [0.3, 0.4) is 0 Å².